The third-order valence-corrected chi connectivity index (χ3v) is 6.53. The Hall–Kier alpha value is -2.23. The molecule has 28 heavy (non-hydrogen) atoms. The fourth-order valence-corrected chi connectivity index (χ4v) is 4.93. The van der Waals surface area contributed by atoms with Gasteiger partial charge in [0.05, 0.1) is 15.5 Å². The molecule has 9 heteroatoms. The van der Waals surface area contributed by atoms with Crippen molar-refractivity contribution in [1.29, 1.82) is 0 Å². The van der Waals surface area contributed by atoms with Gasteiger partial charge in [-0.3, -0.25) is 14.5 Å². The highest BCUT2D eigenvalue weighted by Crippen LogP contribution is 2.38. The highest BCUT2D eigenvalue weighted by atomic mass is 32.2. The minimum Gasteiger partial charge on any atom is -0.481 e. The molecule has 146 valence electrons. The van der Waals surface area contributed by atoms with Crippen LogP contribution in [0.4, 0.5) is 5.13 Å². The van der Waals surface area contributed by atoms with E-state index < -0.39 is 5.97 Å². The summed E-state index contributed by atoms with van der Waals surface area (Å²) in [7, 11) is 3.86. The van der Waals surface area contributed by atoms with Crippen LogP contribution in [0.15, 0.2) is 35.2 Å². The molecule has 2 aromatic rings. The van der Waals surface area contributed by atoms with Crippen molar-refractivity contribution in [2.24, 2.45) is 0 Å². The minimum absolute atomic E-state index is 0.00923. The van der Waals surface area contributed by atoms with Crippen LogP contribution in [0.2, 0.25) is 0 Å². The average molecular weight is 434 g/mol. The van der Waals surface area contributed by atoms with Crippen molar-refractivity contribution in [2.45, 2.75) is 12.8 Å². The Labute approximate surface area is 176 Å². The van der Waals surface area contributed by atoms with Gasteiger partial charge in [-0.25, -0.2) is 4.98 Å². The molecule has 1 aliphatic rings. The number of hydrogen-bond donors (Lipinski definition) is 1. The fourth-order valence-electron chi connectivity index (χ4n) is 2.61. The number of thiazole rings is 1. The van der Waals surface area contributed by atoms with Crippen molar-refractivity contribution >= 4 is 62.7 Å². The number of carboxylic acids is 1. The first-order valence-electron chi connectivity index (χ1n) is 8.57. The molecule has 1 aromatic carbocycles. The molecule has 1 fully saturated rings. The lowest BCUT2D eigenvalue weighted by atomic mass is 10.1. The lowest BCUT2D eigenvalue weighted by Crippen LogP contribution is -2.29. The van der Waals surface area contributed by atoms with Gasteiger partial charge in [-0.2, -0.15) is 0 Å². The van der Waals surface area contributed by atoms with E-state index in [0.717, 1.165) is 21.3 Å². The number of aliphatic carboxylic acids is 1. The van der Waals surface area contributed by atoms with Gasteiger partial charge in [-0.05, 0) is 12.5 Å². The lowest BCUT2D eigenvalue weighted by Gasteiger charge is -2.13. The Bertz CT molecular complexity index is 938. The highest BCUT2D eigenvalue weighted by molar-refractivity contribution is 8.26. The first-order chi connectivity index (χ1) is 13.4. The van der Waals surface area contributed by atoms with Gasteiger partial charge in [0.15, 0.2) is 5.13 Å². The number of thiocarbonyl (C=S) groups is 1. The Kier molecular flexibility index (Phi) is 6.48. The largest absolute Gasteiger partial charge is 0.481 e. The molecule has 0 atom stereocenters. The molecule has 1 N–H and O–H groups in total. The number of thioether (sulfide) groups is 1. The van der Waals surface area contributed by atoms with E-state index in [1.54, 1.807) is 0 Å². The fraction of sp³-hybridized carbons (Fsp3) is 0.263. The average Bonchev–Trinajstić information content (AvgIpc) is 3.19. The first kappa shape index (κ1) is 20.5. The predicted molar refractivity (Wildman–Crippen MR) is 119 cm³/mol. The molecule has 0 aliphatic carbocycles. The van der Waals surface area contributed by atoms with Crippen molar-refractivity contribution in [3.63, 3.8) is 0 Å². The Balaban J connectivity index is 1.89. The van der Waals surface area contributed by atoms with Crippen LogP contribution in [-0.4, -0.2) is 51.8 Å². The molecule has 6 nitrogen and oxygen atoms in total. The number of hydrogen-bond acceptors (Lipinski definition) is 7. The highest BCUT2D eigenvalue weighted by Gasteiger charge is 2.32. The molecule has 1 aromatic heterocycles. The molecule has 3 rings (SSSR count). The molecular formula is C19H19N3O3S3. The molecule has 0 spiro atoms. The zero-order valence-corrected chi connectivity index (χ0v) is 17.9. The van der Waals surface area contributed by atoms with Gasteiger partial charge in [0, 0.05) is 32.6 Å². The zero-order chi connectivity index (χ0) is 20.3. The van der Waals surface area contributed by atoms with Gasteiger partial charge in [0.2, 0.25) is 0 Å². The van der Waals surface area contributed by atoms with E-state index in [9.17, 15) is 9.59 Å². The lowest BCUT2D eigenvalue weighted by molar-refractivity contribution is -0.137. The third kappa shape index (κ3) is 4.60. The SMILES string of the molecule is CN(C)c1nc(-c2ccccc2)c(/C=C2\SC(=S)N(CCCC(=O)O)C2=O)s1. The maximum absolute atomic E-state index is 12.8. The minimum atomic E-state index is -0.880. The summed E-state index contributed by atoms with van der Waals surface area (Å²) in [6.45, 7) is 0.311. The second-order valence-electron chi connectivity index (χ2n) is 6.30. The van der Waals surface area contributed by atoms with Gasteiger partial charge < -0.3 is 10.0 Å². The summed E-state index contributed by atoms with van der Waals surface area (Å²) in [6.07, 6.45) is 2.22. The summed E-state index contributed by atoms with van der Waals surface area (Å²) in [5.41, 5.74) is 1.81. The number of benzene rings is 1. The Morgan fingerprint density at radius 3 is 2.68 bits per heavy atom. The second kappa shape index (κ2) is 8.85. The quantitative estimate of drug-likeness (QED) is 0.524. The maximum Gasteiger partial charge on any atom is 0.303 e. The molecule has 0 saturated carbocycles. The molecular weight excluding hydrogens is 414 g/mol. The maximum atomic E-state index is 12.8. The van der Waals surface area contributed by atoms with Crippen LogP contribution < -0.4 is 4.90 Å². The summed E-state index contributed by atoms with van der Waals surface area (Å²) < 4.78 is 0.459. The van der Waals surface area contributed by atoms with Crippen LogP contribution in [0.1, 0.15) is 17.7 Å². The monoisotopic (exact) mass is 433 g/mol. The van der Waals surface area contributed by atoms with Gasteiger partial charge in [0.1, 0.15) is 4.32 Å². The third-order valence-electron chi connectivity index (χ3n) is 3.98. The van der Waals surface area contributed by atoms with Crippen molar-refractivity contribution in [3.05, 3.63) is 40.1 Å². The van der Waals surface area contributed by atoms with Crippen LogP contribution >= 0.6 is 35.3 Å². The van der Waals surface area contributed by atoms with E-state index in [0.29, 0.717) is 22.2 Å². The van der Waals surface area contributed by atoms with Crippen LogP contribution in [0.5, 0.6) is 0 Å². The Morgan fingerprint density at radius 2 is 2.04 bits per heavy atom. The predicted octanol–water partition coefficient (Wildman–Crippen LogP) is 3.94. The summed E-state index contributed by atoms with van der Waals surface area (Å²) in [6, 6.07) is 9.84. The number of carboxylic acid groups (broad SMARTS) is 1. The van der Waals surface area contributed by atoms with Gasteiger partial charge in [-0.1, -0.05) is 65.6 Å². The Morgan fingerprint density at radius 1 is 1.32 bits per heavy atom. The molecule has 0 unspecified atom stereocenters. The number of rotatable bonds is 7. The van der Waals surface area contributed by atoms with E-state index in [4.69, 9.17) is 22.3 Å². The summed E-state index contributed by atoms with van der Waals surface area (Å²) >= 11 is 8.07. The standard InChI is InChI=1S/C19H19N3O3S3/c1-21(2)18-20-16(12-7-4-3-5-8-12)13(27-18)11-14-17(25)22(19(26)28-14)10-6-9-15(23)24/h3-5,7-8,11H,6,9-10H2,1-2H3,(H,23,24)/b14-11-. The number of amides is 1. The van der Waals surface area contributed by atoms with Crippen LogP contribution in [0.3, 0.4) is 0 Å². The van der Waals surface area contributed by atoms with Crippen molar-refractivity contribution in [1.82, 2.24) is 9.88 Å². The van der Waals surface area contributed by atoms with Gasteiger partial charge in [0.25, 0.3) is 5.91 Å². The number of carbonyl (C=O) groups excluding carboxylic acids is 1. The van der Waals surface area contributed by atoms with E-state index >= 15 is 0 Å². The van der Waals surface area contributed by atoms with Gasteiger partial charge in [-0.15, -0.1) is 0 Å². The number of anilines is 1. The summed E-state index contributed by atoms with van der Waals surface area (Å²) in [5.74, 6) is -1.06. The van der Waals surface area contributed by atoms with Crippen molar-refractivity contribution in [3.8, 4) is 11.3 Å². The molecule has 1 aliphatic heterocycles. The number of nitrogens with zero attached hydrogens (tertiary/aromatic N) is 3. The van der Waals surface area contributed by atoms with Gasteiger partial charge >= 0.3 is 5.97 Å². The second-order valence-corrected chi connectivity index (χ2v) is 8.99. The van der Waals surface area contributed by atoms with Crippen LogP contribution in [0.25, 0.3) is 17.3 Å². The van der Waals surface area contributed by atoms with Crippen LogP contribution in [-0.2, 0) is 9.59 Å². The normalized spacial score (nSPS) is 15.5. The van der Waals surface area contributed by atoms with Crippen molar-refractivity contribution < 1.29 is 14.7 Å². The molecule has 1 saturated heterocycles. The molecule has 0 bridgehead atoms. The summed E-state index contributed by atoms with van der Waals surface area (Å²) in [4.78, 5) is 33.0. The topological polar surface area (TPSA) is 73.7 Å². The van der Waals surface area contributed by atoms with E-state index in [2.05, 4.69) is 0 Å². The van der Waals surface area contributed by atoms with E-state index in [1.807, 2.05) is 55.4 Å². The van der Waals surface area contributed by atoms with E-state index in [-0.39, 0.29) is 12.3 Å². The van der Waals surface area contributed by atoms with Crippen LogP contribution in [0, 0.1) is 0 Å². The zero-order valence-electron chi connectivity index (χ0n) is 15.4. The molecule has 1 amide bonds. The molecule has 2 heterocycles. The molecule has 0 radical (unpaired) electrons. The smallest absolute Gasteiger partial charge is 0.303 e. The first-order valence-corrected chi connectivity index (χ1v) is 10.6. The van der Waals surface area contributed by atoms with E-state index in [1.165, 1.54) is 28.0 Å². The number of aromatic nitrogens is 1. The number of carbonyl (C=O) groups is 2. The summed E-state index contributed by atoms with van der Waals surface area (Å²) in [5, 5.41) is 9.64. The van der Waals surface area contributed by atoms with Crippen molar-refractivity contribution in [2.75, 3.05) is 25.5 Å².